The summed E-state index contributed by atoms with van der Waals surface area (Å²) in [6.07, 6.45) is 0. The van der Waals surface area contributed by atoms with Crippen molar-refractivity contribution in [3.8, 4) is 0 Å². The molecule has 0 aliphatic rings. The molecule has 1 rings (SSSR count). The fourth-order valence-electron chi connectivity index (χ4n) is 0.436. The molecule has 0 fully saturated rings. The molecule has 0 aliphatic carbocycles. The molecule has 0 spiro atoms. The van der Waals surface area contributed by atoms with Gasteiger partial charge < -0.3 is 4.90 Å². The van der Waals surface area contributed by atoms with E-state index in [-0.39, 0.29) is 0 Å². The van der Waals surface area contributed by atoms with Crippen molar-refractivity contribution in [2.75, 3.05) is 19.0 Å². The zero-order chi connectivity index (χ0) is 6.85. The van der Waals surface area contributed by atoms with E-state index in [0.717, 1.165) is 3.82 Å². The van der Waals surface area contributed by atoms with Crippen LogP contribution in [-0.2, 0) is 0 Å². The first-order valence-corrected chi connectivity index (χ1v) is 5.03. The van der Waals surface area contributed by atoms with E-state index in [0.29, 0.717) is 0 Å². The summed E-state index contributed by atoms with van der Waals surface area (Å²) in [5, 5.41) is 1.24. The van der Waals surface area contributed by atoms with Crippen molar-refractivity contribution in [2.45, 2.75) is 0 Å². The van der Waals surface area contributed by atoms with Crippen molar-refractivity contribution in [1.29, 1.82) is 0 Å². The second-order valence-corrected chi connectivity index (χ2v) is 4.75. The van der Waals surface area contributed by atoms with Crippen LogP contribution in [0, 0.1) is 3.82 Å². The van der Waals surface area contributed by atoms with Crippen LogP contribution in [0.5, 0.6) is 0 Å². The van der Waals surface area contributed by atoms with Crippen molar-refractivity contribution in [1.82, 2.24) is 0 Å². The smallest absolute Gasteiger partial charge is 0.104 e. The van der Waals surface area contributed by atoms with Crippen molar-refractivity contribution in [3.05, 3.63) is 9.89 Å². The maximum Gasteiger partial charge on any atom is 0.104 e. The van der Waals surface area contributed by atoms with E-state index in [1.54, 1.807) is 20.7 Å². The van der Waals surface area contributed by atoms with Crippen LogP contribution < -0.4 is 4.90 Å². The highest BCUT2D eigenvalue weighted by atomic mass is 32.9. The van der Waals surface area contributed by atoms with Crippen LogP contribution in [0.3, 0.4) is 0 Å². The van der Waals surface area contributed by atoms with Crippen molar-refractivity contribution >= 4 is 37.9 Å². The summed E-state index contributed by atoms with van der Waals surface area (Å²) < 4.78 is 0.976. The lowest BCUT2D eigenvalue weighted by Gasteiger charge is -2.05. The van der Waals surface area contributed by atoms with Crippen molar-refractivity contribution < 1.29 is 0 Å². The summed E-state index contributed by atoms with van der Waals surface area (Å²) in [6, 6.07) is 2.02. The van der Waals surface area contributed by atoms with Gasteiger partial charge in [-0.15, -0.1) is 0 Å². The molecular weight excluding hydrogens is 170 g/mol. The molecule has 0 aromatic carbocycles. The minimum atomic E-state index is 0.976. The second kappa shape index (κ2) is 2.77. The third kappa shape index (κ3) is 1.74. The van der Waals surface area contributed by atoms with Gasteiger partial charge in [0.1, 0.15) is 8.82 Å². The molecule has 1 nitrogen and oxygen atoms in total. The Labute approximate surface area is 67.0 Å². The molecule has 9 heavy (non-hydrogen) atoms. The Balaban J connectivity index is 2.98. The Morgan fingerprint density at radius 2 is 2.11 bits per heavy atom. The average Bonchev–Trinajstić information content (AvgIpc) is 2.14. The lowest BCUT2D eigenvalue weighted by Crippen LogP contribution is -2.05. The number of hydrogen-bond donors (Lipinski definition) is 0. The number of rotatable bonds is 1. The maximum atomic E-state index is 4.95. The lowest BCUT2D eigenvalue weighted by atomic mass is 10.7. The zero-order valence-corrected chi connectivity index (χ0v) is 7.70. The number of anilines is 1. The Kier molecular flexibility index (Phi) is 2.21. The van der Waals surface area contributed by atoms with Crippen molar-refractivity contribution in [2.24, 2.45) is 0 Å². The number of nitrogens with zero attached hydrogens (tertiary/aromatic N) is 1. The summed E-state index contributed by atoms with van der Waals surface area (Å²) in [5.41, 5.74) is 0. The van der Waals surface area contributed by atoms with Gasteiger partial charge >= 0.3 is 0 Å². The predicted molar refractivity (Wildman–Crippen MR) is 47.4 cm³/mol. The molecule has 0 bridgehead atoms. The minimum absolute atomic E-state index is 0.976. The molecule has 0 amide bonds. The first-order valence-electron chi connectivity index (χ1n) is 2.47. The summed E-state index contributed by atoms with van der Waals surface area (Å²) in [7, 11) is 7.41. The van der Waals surface area contributed by atoms with Crippen LogP contribution in [-0.4, -0.2) is 14.1 Å². The van der Waals surface area contributed by atoms with Gasteiger partial charge in [0.05, 0.1) is 0 Å². The van der Waals surface area contributed by atoms with E-state index in [2.05, 4.69) is 4.90 Å². The number of hydrogen-bond acceptors (Lipinski definition) is 4. The van der Waals surface area contributed by atoms with Crippen LogP contribution in [0.1, 0.15) is 0 Å². The molecule has 1 aromatic heterocycles. The Morgan fingerprint density at radius 1 is 1.44 bits per heavy atom. The van der Waals surface area contributed by atoms with Gasteiger partial charge in [-0.25, -0.2) is 0 Å². The lowest BCUT2D eigenvalue weighted by molar-refractivity contribution is 1.16. The van der Waals surface area contributed by atoms with E-state index < -0.39 is 0 Å². The largest absolute Gasteiger partial charge is 0.369 e. The van der Waals surface area contributed by atoms with Gasteiger partial charge in [-0.1, -0.05) is 32.9 Å². The van der Waals surface area contributed by atoms with Gasteiger partial charge in [-0.2, -0.15) is 0 Å². The fraction of sp³-hybridized carbons (Fsp3) is 0.400. The normalized spacial score (nSPS) is 9.56. The molecular formula is C5H7NS3. The molecule has 1 heterocycles. The zero-order valence-electron chi connectivity index (χ0n) is 5.25. The monoisotopic (exact) mass is 177 g/mol. The highest BCUT2D eigenvalue weighted by Crippen LogP contribution is 2.24. The van der Waals surface area contributed by atoms with Gasteiger partial charge in [-0.3, -0.25) is 0 Å². The SMILES string of the molecule is CN(C)c1cc(=S)ss1. The standard InChI is InChI=1S/C5H7NS3/c1-6(2)4-3-5(7)9-8-4/h3H,1-2H3. The van der Waals surface area contributed by atoms with Gasteiger partial charge in [0.25, 0.3) is 0 Å². The Morgan fingerprint density at radius 3 is 2.33 bits per heavy atom. The Bertz CT molecular complexity index is 234. The van der Waals surface area contributed by atoms with Crippen LogP contribution in [0.15, 0.2) is 6.07 Å². The van der Waals surface area contributed by atoms with Crippen LogP contribution in [0.2, 0.25) is 0 Å². The highest BCUT2D eigenvalue weighted by molar-refractivity contribution is 7.80. The van der Waals surface area contributed by atoms with Gasteiger partial charge in [0, 0.05) is 20.2 Å². The molecule has 0 aliphatic heterocycles. The van der Waals surface area contributed by atoms with Crippen LogP contribution >= 0.6 is 32.9 Å². The third-order valence-electron chi connectivity index (χ3n) is 0.891. The van der Waals surface area contributed by atoms with Crippen LogP contribution in [0.25, 0.3) is 0 Å². The van der Waals surface area contributed by atoms with E-state index in [9.17, 15) is 0 Å². The maximum absolute atomic E-state index is 4.95. The van der Waals surface area contributed by atoms with Crippen molar-refractivity contribution in [3.63, 3.8) is 0 Å². The molecule has 0 atom stereocenters. The Hall–Kier alpha value is 0.0700. The van der Waals surface area contributed by atoms with E-state index >= 15 is 0 Å². The molecule has 4 heteroatoms. The second-order valence-electron chi connectivity index (χ2n) is 1.86. The quantitative estimate of drug-likeness (QED) is 0.479. The predicted octanol–water partition coefficient (Wildman–Crippen LogP) is 2.61. The molecule has 0 saturated heterocycles. The molecule has 0 radical (unpaired) electrons. The minimum Gasteiger partial charge on any atom is -0.369 e. The van der Waals surface area contributed by atoms with Gasteiger partial charge in [-0.05, 0) is 0 Å². The van der Waals surface area contributed by atoms with E-state index in [1.165, 1.54) is 5.00 Å². The average molecular weight is 177 g/mol. The van der Waals surface area contributed by atoms with Gasteiger partial charge in [0.15, 0.2) is 0 Å². The van der Waals surface area contributed by atoms with Crippen LogP contribution in [0.4, 0.5) is 5.00 Å². The van der Waals surface area contributed by atoms with E-state index in [4.69, 9.17) is 12.2 Å². The molecule has 0 saturated carbocycles. The molecule has 0 unspecified atom stereocenters. The third-order valence-corrected chi connectivity index (χ3v) is 3.90. The van der Waals surface area contributed by atoms with Gasteiger partial charge in [0.2, 0.25) is 0 Å². The summed E-state index contributed by atoms with van der Waals surface area (Å²) in [5.74, 6) is 0. The first-order chi connectivity index (χ1) is 4.20. The highest BCUT2D eigenvalue weighted by Gasteiger charge is 1.94. The summed E-state index contributed by atoms with van der Waals surface area (Å²) in [6.45, 7) is 0. The molecule has 50 valence electrons. The molecule has 0 N–H and O–H groups in total. The first kappa shape index (κ1) is 7.18. The molecule has 1 aromatic rings. The fourth-order valence-corrected chi connectivity index (χ4v) is 2.88. The summed E-state index contributed by atoms with van der Waals surface area (Å²) in [4.78, 5) is 2.07. The summed E-state index contributed by atoms with van der Waals surface area (Å²) >= 11 is 4.95. The topological polar surface area (TPSA) is 3.24 Å². The van der Waals surface area contributed by atoms with E-state index in [1.807, 2.05) is 20.2 Å².